The Balaban J connectivity index is 1.67. The lowest BCUT2D eigenvalue weighted by Crippen LogP contribution is -2.52. The SMILES string of the molecule is CCN(CC)C(=O)[C@@H]1C=C2C3CCCC4NC(Br)=C(C[C@H]2N(C)C1)C43. The van der Waals surface area contributed by atoms with Crippen LogP contribution in [0.5, 0.6) is 0 Å². The molecule has 0 saturated heterocycles. The van der Waals surface area contributed by atoms with Gasteiger partial charge in [-0.2, -0.15) is 0 Å². The number of amides is 1. The van der Waals surface area contributed by atoms with Crippen molar-refractivity contribution in [3.63, 3.8) is 0 Å². The van der Waals surface area contributed by atoms with Gasteiger partial charge in [0.2, 0.25) is 5.91 Å². The molecule has 1 N–H and O–H groups in total. The summed E-state index contributed by atoms with van der Waals surface area (Å²) in [5.74, 6) is 1.59. The number of hydrogen-bond acceptors (Lipinski definition) is 3. The zero-order chi connectivity index (χ0) is 17.7. The third-order valence-corrected chi connectivity index (χ3v) is 7.66. The molecule has 25 heavy (non-hydrogen) atoms. The van der Waals surface area contributed by atoms with E-state index in [1.165, 1.54) is 23.9 Å². The molecule has 0 spiro atoms. The lowest BCUT2D eigenvalue weighted by Gasteiger charge is -2.49. The predicted octanol–water partition coefficient (Wildman–Crippen LogP) is 3.11. The number of hydrogen-bond donors (Lipinski definition) is 1. The Labute approximate surface area is 159 Å². The minimum atomic E-state index is 0.0276. The lowest BCUT2D eigenvalue weighted by atomic mass is 9.62. The van der Waals surface area contributed by atoms with E-state index in [1.54, 1.807) is 11.1 Å². The van der Waals surface area contributed by atoms with E-state index in [2.05, 4.69) is 53.1 Å². The number of likely N-dealkylation sites (N-methyl/N-ethyl adjacent to an activating group) is 1. The fourth-order valence-electron chi connectivity index (χ4n) is 5.71. The molecule has 2 aliphatic carbocycles. The van der Waals surface area contributed by atoms with Gasteiger partial charge < -0.3 is 10.2 Å². The van der Waals surface area contributed by atoms with E-state index in [9.17, 15) is 4.79 Å². The standard InChI is InChI=1S/C20H30BrN3O/c1-4-24(5-2)20(25)12-9-14-13-7-6-8-16-18(13)15(19(21)22-16)10-17(14)23(3)11-12/h9,12-13,16-18,22H,4-8,10-11H2,1-3H3/t12-,13?,16?,17-,18?/m1/s1. The Hall–Kier alpha value is -0.810. The highest BCUT2D eigenvalue weighted by Crippen LogP contribution is 2.53. The number of carbonyl (C=O) groups is 1. The zero-order valence-electron chi connectivity index (χ0n) is 15.6. The van der Waals surface area contributed by atoms with Crippen molar-refractivity contribution >= 4 is 21.8 Å². The Morgan fingerprint density at radius 2 is 2.12 bits per heavy atom. The second-order valence-electron chi connectivity index (χ2n) is 8.10. The van der Waals surface area contributed by atoms with Gasteiger partial charge in [0.15, 0.2) is 0 Å². The first-order valence-corrected chi connectivity index (χ1v) is 10.7. The van der Waals surface area contributed by atoms with Crippen LogP contribution in [-0.2, 0) is 4.79 Å². The van der Waals surface area contributed by atoms with Gasteiger partial charge >= 0.3 is 0 Å². The zero-order valence-corrected chi connectivity index (χ0v) is 17.2. The number of rotatable bonds is 3. The average Bonchev–Trinajstić information content (AvgIpc) is 2.93. The molecule has 3 unspecified atom stereocenters. The van der Waals surface area contributed by atoms with Crippen LogP contribution >= 0.6 is 15.9 Å². The van der Waals surface area contributed by atoms with Crippen molar-refractivity contribution in [1.82, 2.24) is 15.1 Å². The maximum absolute atomic E-state index is 13.0. The van der Waals surface area contributed by atoms with Crippen molar-refractivity contribution in [1.29, 1.82) is 0 Å². The Morgan fingerprint density at radius 3 is 2.84 bits per heavy atom. The second kappa shape index (κ2) is 6.73. The van der Waals surface area contributed by atoms with Gasteiger partial charge in [-0.05, 0) is 67.6 Å². The molecule has 2 aliphatic heterocycles. The van der Waals surface area contributed by atoms with Crippen LogP contribution in [0.4, 0.5) is 0 Å². The first-order chi connectivity index (χ1) is 12.0. The van der Waals surface area contributed by atoms with Gasteiger partial charge in [-0.3, -0.25) is 9.69 Å². The van der Waals surface area contributed by atoms with E-state index in [4.69, 9.17) is 0 Å². The van der Waals surface area contributed by atoms with Crippen LogP contribution in [0, 0.1) is 17.8 Å². The summed E-state index contributed by atoms with van der Waals surface area (Å²) in [5, 5.41) is 3.70. The van der Waals surface area contributed by atoms with Crippen molar-refractivity contribution < 1.29 is 4.79 Å². The van der Waals surface area contributed by atoms with Crippen LogP contribution in [0.25, 0.3) is 0 Å². The highest BCUT2D eigenvalue weighted by atomic mass is 79.9. The van der Waals surface area contributed by atoms with Crippen LogP contribution in [0.1, 0.15) is 39.5 Å². The summed E-state index contributed by atoms with van der Waals surface area (Å²) in [7, 11) is 2.21. The molecule has 4 nitrogen and oxygen atoms in total. The molecule has 138 valence electrons. The molecule has 1 amide bonds. The van der Waals surface area contributed by atoms with Crippen LogP contribution in [0.2, 0.25) is 0 Å². The Bertz CT molecular complexity index is 624. The van der Waals surface area contributed by atoms with Gasteiger partial charge in [0.1, 0.15) is 0 Å². The minimum absolute atomic E-state index is 0.0276. The molecule has 4 rings (SSSR count). The molecule has 2 fully saturated rings. The van der Waals surface area contributed by atoms with E-state index in [0.29, 0.717) is 29.8 Å². The Kier molecular flexibility index (Phi) is 4.74. The van der Waals surface area contributed by atoms with Gasteiger partial charge in [0.05, 0.1) is 10.5 Å². The summed E-state index contributed by atoms with van der Waals surface area (Å²) in [5.41, 5.74) is 3.15. The minimum Gasteiger partial charge on any atom is -0.376 e. The average molecular weight is 408 g/mol. The fraction of sp³-hybridized carbons (Fsp3) is 0.750. The topological polar surface area (TPSA) is 35.6 Å². The van der Waals surface area contributed by atoms with Crippen molar-refractivity contribution in [2.75, 3.05) is 26.7 Å². The molecular weight excluding hydrogens is 378 g/mol. The highest BCUT2D eigenvalue weighted by Gasteiger charge is 2.50. The van der Waals surface area contributed by atoms with Crippen LogP contribution in [0.15, 0.2) is 21.8 Å². The molecule has 2 saturated carbocycles. The van der Waals surface area contributed by atoms with Crippen molar-refractivity contribution in [2.24, 2.45) is 17.8 Å². The number of nitrogens with one attached hydrogen (secondary N) is 1. The highest BCUT2D eigenvalue weighted by molar-refractivity contribution is 9.11. The van der Waals surface area contributed by atoms with Gasteiger partial charge in [-0.1, -0.05) is 18.1 Å². The Morgan fingerprint density at radius 1 is 1.36 bits per heavy atom. The van der Waals surface area contributed by atoms with Crippen LogP contribution in [0.3, 0.4) is 0 Å². The van der Waals surface area contributed by atoms with Crippen LogP contribution < -0.4 is 5.32 Å². The summed E-state index contributed by atoms with van der Waals surface area (Å²) < 4.78 is 1.25. The largest absolute Gasteiger partial charge is 0.376 e. The lowest BCUT2D eigenvalue weighted by molar-refractivity contribution is -0.134. The van der Waals surface area contributed by atoms with Crippen molar-refractivity contribution in [3.05, 3.63) is 21.8 Å². The van der Waals surface area contributed by atoms with Gasteiger partial charge in [0.25, 0.3) is 0 Å². The van der Waals surface area contributed by atoms with E-state index in [-0.39, 0.29) is 5.92 Å². The quantitative estimate of drug-likeness (QED) is 0.576. The van der Waals surface area contributed by atoms with Gasteiger partial charge in [0, 0.05) is 37.6 Å². The smallest absolute Gasteiger partial charge is 0.230 e. The molecule has 0 aromatic rings. The van der Waals surface area contributed by atoms with E-state index in [0.717, 1.165) is 26.1 Å². The van der Waals surface area contributed by atoms with Crippen molar-refractivity contribution in [3.8, 4) is 0 Å². The van der Waals surface area contributed by atoms with Gasteiger partial charge in [-0.25, -0.2) is 0 Å². The molecule has 0 aromatic heterocycles. The number of nitrogens with zero attached hydrogens (tertiary/aromatic N) is 2. The fourth-order valence-corrected chi connectivity index (χ4v) is 6.43. The van der Waals surface area contributed by atoms with Crippen LogP contribution in [-0.4, -0.2) is 54.5 Å². The summed E-state index contributed by atoms with van der Waals surface area (Å²) in [4.78, 5) is 17.4. The van der Waals surface area contributed by atoms with Gasteiger partial charge in [-0.15, -0.1) is 0 Å². The first-order valence-electron chi connectivity index (χ1n) is 9.90. The maximum Gasteiger partial charge on any atom is 0.230 e. The predicted molar refractivity (Wildman–Crippen MR) is 104 cm³/mol. The molecular formula is C20H30BrN3O. The molecule has 2 heterocycles. The first kappa shape index (κ1) is 17.6. The molecule has 5 atom stereocenters. The summed E-state index contributed by atoms with van der Waals surface area (Å²) in [6.45, 7) is 6.62. The number of fused-ring (bicyclic) bond motifs is 2. The summed E-state index contributed by atoms with van der Waals surface area (Å²) in [6, 6.07) is 1.07. The molecule has 4 aliphatic rings. The monoisotopic (exact) mass is 407 g/mol. The number of halogens is 1. The maximum atomic E-state index is 13.0. The second-order valence-corrected chi connectivity index (χ2v) is 8.89. The molecule has 0 aromatic carbocycles. The molecule has 0 radical (unpaired) electrons. The third kappa shape index (κ3) is 2.78. The molecule has 5 heteroatoms. The van der Waals surface area contributed by atoms with E-state index < -0.39 is 0 Å². The van der Waals surface area contributed by atoms with Crippen molar-refractivity contribution in [2.45, 2.75) is 51.6 Å². The molecule has 0 bridgehead atoms. The summed E-state index contributed by atoms with van der Waals surface area (Å²) >= 11 is 3.80. The normalized spacial score (nSPS) is 37.1. The van der Waals surface area contributed by atoms with E-state index >= 15 is 0 Å². The third-order valence-electron chi connectivity index (χ3n) is 6.92. The summed E-state index contributed by atoms with van der Waals surface area (Å²) in [6.07, 6.45) is 7.32. The van der Waals surface area contributed by atoms with E-state index in [1.807, 2.05) is 4.90 Å². The number of carbonyl (C=O) groups excluding carboxylic acids is 1.